The Kier molecular flexibility index (Phi) is 25.0. The van der Waals surface area contributed by atoms with E-state index in [1.165, 1.54) is 55.1 Å². The predicted molar refractivity (Wildman–Crippen MR) is 239 cm³/mol. The fraction of sp³-hybridized carbons (Fsp3) is 0.308. The summed E-state index contributed by atoms with van der Waals surface area (Å²) in [5, 5.41) is 36.1. The molecule has 2 aliphatic heterocycles. The number of aldehydes is 1. The van der Waals surface area contributed by atoms with Crippen LogP contribution in [0.3, 0.4) is 0 Å². The highest BCUT2D eigenvalue weighted by molar-refractivity contribution is 6.31. The van der Waals surface area contributed by atoms with Gasteiger partial charge >= 0.3 is 0 Å². The molecule has 24 heteroatoms. The van der Waals surface area contributed by atoms with Crippen molar-refractivity contribution in [2.75, 3.05) is 68.8 Å². The highest BCUT2D eigenvalue weighted by Gasteiger charge is 2.22. The molecule has 2 aromatic heterocycles. The number of nitro groups is 2. The quantitative estimate of drug-likeness (QED) is 0.0898. The molecule has 4 aromatic rings. The molecule has 2 aliphatic rings. The number of hydrogen-bond donors (Lipinski definition) is 3. The second-order valence-corrected chi connectivity index (χ2v) is 13.0. The highest BCUT2D eigenvalue weighted by atomic mass is 35.5. The fourth-order valence-electron chi connectivity index (χ4n) is 5.23. The Hall–Kier alpha value is -7.06. The van der Waals surface area contributed by atoms with Crippen LogP contribution in [0.25, 0.3) is 0 Å². The molecular formula is C39H42Cl3N11O10. The minimum atomic E-state index is -0.930. The number of H-pyrrole nitrogens is 2. The van der Waals surface area contributed by atoms with Gasteiger partial charge in [0.05, 0.1) is 28.1 Å². The Morgan fingerprint density at radius 3 is 1.76 bits per heavy atom. The smallest absolute Gasteiger partial charge is 0.295 e. The van der Waals surface area contributed by atoms with Crippen LogP contribution in [-0.2, 0) is 11.4 Å². The summed E-state index contributed by atoms with van der Waals surface area (Å²) in [6.07, 6.45) is 3.24. The third-order valence-corrected chi connectivity index (χ3v) is 8.54. The average Bonchev–Trinajstić information content (AvgIpc) is 3.24. The van der Waals surface area contributed by atoms with Gasteiger partial charge in [-0.15, -0.1) is 10.1 Å². The molecule has 21 nitrogen and oxygen atoms in total. The first-order valence-corrected chi connectivity index (χ1v) is 18.6. The molecule has 4 heterocycles. The lowest BCUT2D eigenvalue weighted by Crippen LogP contribution is -2.46. The zero-order valence-corrected chi connectivity index (χ0v) is 34.0. The molecule has 2 aromatic carbocycles. The minimum absolute atomic E-state index is 0. The Labute approximate surface area is 376 Å². The van der Waals surface area contributed by atoms with Crippen molar-refractivity contribution in [3.05, 3.63) is 133 Å². The summed E-state index contributed by atoms with van der Waals surface area (Å²) in [7, 11) is 0. The number of halogens is 3. The molecule has 3 N–H and O–H groups in total. The van der Waals surface area contributed by atoms with E-state index in [9.17, 15) is 44.7 Å². The van der Waals surface area contributed by atoms with E-state index in [0.29, 0.717) is 47.3 Å². The Balaban J connectivity index is 0.000000440. The summed E-state index contributed by atoms with van der Waals surface area (Å²) in [6.45, 7) is 6.74. The van der Waals surface area contributed by atoms with Crippen LogP contribution in [0.15, 0.2) is 70.8 Å². The van der Waals surface area contributed by atoms with E-state index in [1.807, 2.05) is 10.3 Å². The number of piperazine rings is 2. The third kappa shape index (κ3) is 19.9. The van der Waals surface area contributed by atoms with E-state index >= 15 is 0 Å². The highest BCUT2D eigenvalue weighted by Crippen LogP contribution is 2.25. The second-order valence-electron chi connectivity index (χ2n) is 11.9. The van der Waals surface area contributed by atoms with Gasteiger partial charge in [0, 0.05) is 116 Å². The van der Waals surface area contributed by atoms with Gasteiger partial charge in [0.15, 0.2) is 12.9 Å². The molecule has 2 fully saturated rings. The van der Waals surface area contributed by atoms with E-state index in [2.05, 4.69) is 69.5 Å². The lowest BCUT2D eigenvalue weighted by Gasteiger charge is -2.35. The van der Waals surface area contributed by atoms with Crippen LogP contribution < -0.4 is 26.2 Å². The maximum absolute atomic E-state index is 11.4. The van der Waals surface area contributed by atoms with Crippen molar-refractivity contribution in [1.82, 2.24) is 30.2 Å². The first-order valence-electron chi connectivity index (χ1n) is 17.5. The molecular weight excluding hydrogens is 889 g/mol. The Bertz CT molecular complexity index is 2460. The normalized spacial score (nSPS) is 12.4. The Morgan fingerprint density at radius 2 is 1.25 bits per heavy atom. The van der Waals surface area contributed by atoms with Crippen LogP contribution in [0.1, 0.15) is 30.8 Å². The van der Waals surface area contributed by atoms with E-state index in [0.717, 1.165) is 45.1 Å². The summed E-state index contributed by atoms with van der Waals surface area (Å²) in [5.74, 6) is 12.8. The fourth-order valence-corrected chi connectivity index (χ4v) is 5.65. The number of benzene rings is 2. The molecule has 63 heavy (non-hydrogen) atoms. The van der Waals surface area contributed by atoms with Gasteiger partial charge in [0.1, 0.15) is 11.6 Å². The van der Waals surface area contributed by atoms with Crippen molar-refractivity contribution < 1.29 is 24.6 Å². The number of rotatable bonds is 9. The van der Waals surface area contributed by atoms with E-state index in [1.54, 1.807) is 6.07 Å². The lowest BCUT2D eigenvalue weighted by molar-refractivity contribution is -0.754. The van der Waals surface area contributed by atoms with Gasteiger partial charge in [-0.1, -0.05) is 44.0 Å². The van der Waals surface area contributed by atoms with Crippen molar-refractivity contribution >= 4 is 64.1 Å². The van der Waals surface area contributed by atoms with Gasteiger partial charge in [-0.05, 0) is 47.7 Å². The summed E-state index contributed by atoms with van der Waals surface area (Å²) in [4.78, 5) is 86.1. The molecule has 6 rings (SSSR count). The zero-order chi connectivity index (χ0) is 44.6. The van der Waals surface area contributed by atoms with Crippen LogP contribution >= 0.6 is 34.8 Å². The molecule has 334 valence electrons. The minimum Gasteiger partial charge on any atom is -0.354 e. The van der Waals surface area contributed by atoms with Crippen molar-refractivity contribution in [2.45, 2.75) is 21.4 Å². The molecule has 0 spiro atoms. The topological polar surface area (TPSA) is 269 Å². The first-order chi connectivity index (χ1) is 29.3. The van der Waals surface area contributed by atoms with Gasteiger partial charge in [-0.2, -0.15) is 0 Å². The summed E-state index contributed by atoms with van der Waals surface area (Å²) < 4.78 is 0. The van der Waals surface area contributed by atoms with Gasteiger partial charge in [0.2, 0.25) is 0 Å². The molecule has 0 bridgehead atoms. The molecule has 0 radical (unpaired) electrons. The number of carbonyl (C=O) groups is 1. The summed E-state index contributed by atoms with van der Waals surface area (Å²) >= 11 is 16.4. The first kappa shape index (κ1) is 54.0. The summed E-state index contributed by atoms with van der Waals surface area (Å²) in [5.41, 5.74) is 0.177. The molecule has 0 unspecified atom stereocenters. The lowest BCUT2D eigenvalue weighted by atomic mass is 10.1. The van der Waals surface area contributed by atoms with Crippen molar-refractivity contribution in [3.63, 3.8) is 0 Å². The summed E-state index contributed by atoms with van der Waals surface area (Å²) in [6, 6.07) is 11.4. The maximum atomic E-state index is 11.4. The van der Waals surface area contributed by atoms with Crippen LogP contribution in [0, 0.1) is 65.3 Å². The van der Waals surface area contributed by atoms with Crippen molar-refractivity contribution in [2.24, 2.45) is 0 Å². The number of carbonyl (C=O) groups excluding carboxylic acids is 1. The van der Waals surface area contributed by atoms with Crippen molar-refractivity contribution in [3.8, 4) is 35.0 Å². The monoisotopic (exact) mass is 929 g/mol. The van der Waals surface area contributed by atoms with Gasteiger partial charge in [-0.3, -0.25) is 39.5 Å². The molecule has 0 saturated carbocycles. The second kappa shape index (κ2) is 29.2. The molecule has 0 aliphatic carbocycles. The van der Waals surface area contributed by atoms with Crippen LogP contribution in [0.5, 0.6) is 0 Å². The predicted octanol–water partition coefficient (Wildman–Crippen LogP) is 4.57. The molecule has 2 saturated heterocycles. The van der Waals surface area contributed by atoms with Crippen LogP contribution in [0.2, 0.25) is 10.0 Å². The number of aromatic amines is 2. The maximum Gasteiger partial charge on any atom is 0.295 e. The number of hydrogen-bond acceptors (Lipinski definition) is 16. The average molecular weight is 931 g/mol. The largest absolute Gasteiger partial charge is 0.354 e. The Morgan fingerprint density at radius 1 is 0.730 bits per heavy atom. The van der Waals surface area contributed by atoms with E-state index in [4.69, 9.17) is 34.8 Å². The number of nitrogens with one attached hydrogen (secondary N) is 3. The van der Waals surface area contributed by atoms with E-state index in [-0.39, 0.29) is 54.4 Å². The van der Waals surface area contributed by atoms with Gasteiger partial charge < -0.3 is 29.9 Å². The standard InChI is InChI=1S/C15H16ClN5O3.C8H12N4O.C7H4ClNO3.C7H2ClNO3.2CH4/c16-12-1-2-13(21(23)24)11(7-12)9-19-3-5-20(6-4-19)14-8-15(22)18-10-17-14;13-8-5-7(10-6-11-8)12-3-1-9-2-4-12;8-6-1-2-7(9(11)12)5(3-6)4-10;8-6-4-2-1-3-5-7-12-9(10)11;;/h1-2,7-8,10H,3-6,9H2,(H,17,18,22);5-6,9H,1-4H2,(H,10,11,13);1-4H;7H2;2*1H4. The number of nitrogens with zero attached hydrogens (tertiary/aromatic N) is 8. The van der Waals surface area contributed by atoms with E-state index < -0.39 is 10.0 Å². The number of nitro benzene ring substituents is 2. The van der Waals surface area contributed by atoms with Gasteiger partial charge in [0.25, 0.3) is 27.6 Å². The molecule has 0 atom stereocenters. The SMILES string of the molecule is C.C.O=Cc1cc(Cl)ccc1[N+](=O)[O-].O=[N+]([O-])OCC#CC#CC#CCl.O=c1cc(N2CCN(Cc3cc(Cl)ccc3[N+](=O)[O-])CC2)nc[nH]1.O=c1cc(N2CCNCC2)nc[nH]1. The third-order valence-electron chi connectivity index (χ3n) is 7.98. The van der Waals surface area contributed by atoms with Crippen molar-refractivity contribution in [1.29, 1.82) is 0 Å². The zero-order valence-electron chi connectivity index (χ0n) is 31.7. The van der Waals surface area contributed by atoms with Crippen LogP contribution in [0.4, 0.5) is 23.0 Å². The molecule has 0 amide bonds. The number of aromatic nitrogens is 4. The number of anilines is 2. The van der Waals surface area contributed by atoms with Gasteiger partial charge in [-0.25, -0.2) is 9.97 Å². The van der Waals surface area contributed by atoms with Crippen LogP contribution in [-0.4, -0.2) is 105 Å².